The van der Waals surface area contributed by atoms with E-state index < -0.39 is 5.97 Å². The lowest BCUT2D eigenvalue weighted by molar-refractivity contribution is -0.0156. The van der Waals surface area contributed by atoms with E-state index in [1.165, 1.54) is 0 Å². The maximum atomic E-state index is 11.0. The molecule has 144 valence electrons. The van der Waals surface area contributed by atoms with E-state index in [0.29, 0.717) is 30.3 Å². The van der Waals surface area contributed by atoms with Crippen LogP contribution in [0.3, 0.4) is 0 Å². The number of carboxylic acids is 1. The summed E-state index contributed by atoms with van der Waals surface area (Å²) in [7, 11) is 0. The lowest BCUT2D eigenvalue weighted by Crippen LogP contribution is -2.39. The van der Waals surface area contributed by atoms with Crippen molar-refractivity contribution in [2.24, 2.45) is 0 Å². The number of hydrogen-bond donors (Lipinski definition) is 2. The van der Waals surface area contributed by atoms with Gasteiger partial charge in [0.2, 0.25) is 0 Å². The van der Waals surface area contributed by atoms with Crippen molar-refractivity contribution in [3.8, 4) is 11.3 Å². The number of imidazole rings is 1. The molecule has 1 aromatic heterocycles. The Balaban J connectivity index is 1.53. The molecule has 1 saturated heterocycles. The van der Waals surface area contributed by atoms with Gasteiger partial charge in [0.05, 0.1) is 36.7 Å². The van der Waals surface area contributed by atoms with Crippen LogP contribution in [-0.4, -0.2) is 45.7 Å². The predicted molar refractivity (Wildman–Crippen MR) is 106 cm³/mol. The first-order valence-electron chi connectivity index (χ1n) is 9.05. The number of benzene rings is 2. The standard InChI is InChI=1S/C21H20ClN3O3/c22-17-3-1-2-16(10-17)18-11-23-20(24-18)19-13-28-9-8-25(19)12-14-4-6-15(7-5-14)21(26)27/h1-7,10-11,19H,8-9,12-13H2,(H,23,24)(H,26,27). The van der Waals surface area contributed by atoms with Crippen molar-refractivity contribution in [2.75, 3.05) is 19.8 Å². The Morgan fingerprint density at radius 2 is 2.11 bits per heavy atom. The highest BCUT2D eigenvalue weighted by atomic mass is 35.5. The number of ether oxygens (including phenoxy) is 1. The van der Waals surface area contributed by atoms with E-state index in [2.05, 4.69) is 14.9 Å². The molecule has 1 aliphatic rings. The molecule has 1 unspecified atom stereocenters. The topological polar surface area (TPSA) is 78.4 Å². The minimum absolute atomic E-state index is 0.000773. The van der Waals surface area contributed by atoms with E-state index in [1.54, 1.807) is 12.1 Å². The van der Waals surface area contributed by atoms with Gasteiger partial charge in [-0.1, -0.05) is 35.9 Å². The van der Waals surface area contributed by atoms with Gasteiger partial charge in [0.15, 0.2) is 0 Å². The zero-order chi connectivity index (χ0) is 19.5. The Morgan fingerprint density at radius 3 is 2.86 bits per heavy atom. The fourth-order valence-corrected chi connectivity index (χ4v) is 3.57. The van der Waals surface area contributed by atoms with Crippen LogP contribution >= 0.6 is 11.6 Å². The molecule has 1 aliphatic heterocycles. The maximum Gasteiger partial charge on any atom is 0.335 e. The summed E-state index contributed by atoms with van der Waals surface area (Å²) in [5.74, 6) is -0.0724. The maximum absolute atomic E-state index is 11.0. The van der Waals surface area contributed by atoms with Crippen LogP contribution in [-0.2, 0) is 11.3 Å². The summed E-state index contributed by atoms with van der Waals surface area (Å²) in [4.78, 5) is 21.3. The molecule has 3 aromatic rings. The average molecular weight is 398 g/mol. The number of aromatic carboxylic acids is 1. The molecular formula is C21H20ClN3O3. The second-order valence-electron chi connectivity index (χ2n) is 6.76. The van der Waals surface area contributed by atoms with E-state index in [1.807, 2.05) is 42.6 Å². The summed E-state index contributed by atoms with van der Waals surface area (Å²) >= 11 is 6.10. The minimum Gasteiger partial charge on any atom is -0.478 e. The van der Waals surface area contributed by atoms with E-state index in [-0.39, 0.29) is 6.04 Å². The van der Waals surface area contributed by atoms with Gasteiger partial charge in [0.1, 0.15) is 5.82 Å². The van der Waals surface area contributed by atoms with Crippen LogP contribution in [0.2, 0.25) is 5.02 Å². The third-order valence-corrected chi connectivity index (χ3v) is 5.11. The Hall–Kier alpha value is -2.67. The summed E-state index contributed by atoms with van der Waals surface area (Å²) in [6, 6.07) is 14.6. The molecule has 0 spiro atoms. The van der Waals surface area contributed by atoms with E-state index in [0.717, 1.165) is 29.2 Å². The summed E-state index contributed by atoms with van der Waals surface area (Å²) in [6.45, 7) is 2.68. The van der Waals surface area contributed by atoms with Crippen LogP contribution in [0.5, 0.6) is 0 Å². The fourth-order valence-electron chi connectivity index (χ4n) is 3.38. The largest absolute Gasteiger partial charge is 0.478 e. The van der Waals surface area contributed by atoms with Gasteiger partial charge in [0, 0.05) is 23.7 Å². The quantitative estimate of drug-likeness (QED) is 0.680. The normalized spacial score (nSPS) is 17.5. The third kappa shape index (κ3) is 4.09. The molecule has 1 atom stereocenters. The fraction of sp³-hybridized carbons (Fsp3) is 0.238. The third-order valence-electron chi connectivity index (χ3n) is 4.87. The first-order valence-corrected chi connectivity index (χ1v) is 9.43. The number of carboxylic acid groups (broad SMARTS) is 1. The second-order valence-corrected chi connectivity index (χ2v) is 7.19. The summed E-state index contributed by atoms with van der Waals surface area (Å²) in [5, 5.41) is 9.74. The molecule has 0 aliphatic carbocycles. The van der Waals surface area contributed by atoms with Gasteiger partial charge >= 0.3 is 5.97 Å². The van der Waals surface area contributed by atoms with Crippen LogP contribution < -0.4 is 0 Å². The zero-order valence-electron chi connectivity index (χ0n) is 15.1. The SMILES string of the molecule is O=C(O)c1ccc(CN2CCOCC2c2ncc(-c3cccc(Cl)c3)[nH]2)cc1. The molecule has 7 heteroatoms. The molecule has 2 N–H and O–H groups in total. The van der Waals surface area contributed by atoms with E-state index >= 15 is 0 Å². The number of rotatable bonds is 5. The highest BCUT2D eigenvalue weighted by molar-refractivity contribution is 6.30. The van der Waals surface area contributed by atoms with Crippen molar-refractivity contribution in [1.29, 1.82) is 0 Å². The highest BCUT2D eigenvalue weighted by Gasteiger charge is 2.27. The number of hydrogen-bond acceptors (Lipinski definition) is 4. The van der Waals surface area contributed by atoms with Gasteiger partial charge in [0.25, 0.3) is 0 Å². The molecule has 2 aromatic carbocycles. The van der Waals surface area contributed by atoms with Crippen LogP contribution in [0, 0.1) is 0 Å². The van der Waals surface area contributed by atoms with Crippen molar-refractivity contribution in [2.45, 2.75) is 12.6 Å². The van der Waals surface area contributed by atoms with Gasteiger partial charge in [-0.3, -0.25) is 4.90 Å². The molecule has 2 heterocycles. The van der Waals surface area contributed by atoms with Gasteiger partial charge < -0.3 is 14.8 Å². The number of aromatic nitrogens is 2. The lowest BCUT2D eigenvalue weighted by Gasteiger charge is -2.34. The molecule has 0 amide bonds. The minimum atomic E-state index is -0.917. The smallest absolute Gasteiger partial charge is 0.335 e. The highest BCUT2D eigenvalue weighted by Crippen LogP contribution is 2.27. The molecule has 0 radical (unpaired) electrons. The lowest BCUT2D eigenvalue weighted by atomic mass is 10.1. The van der Waals surface area contributed by atoms with E-state index in [9.17, 15) is 4.79 Å². The van der Waals surface area contributed by atoms with Crippen LogP contribution in [0.4, 0.5) is 0 Å². The number of aromatic amines is 1. The molecule has 28 heavy (non-hydrogen) atoms. The molecular weight excluding hydrogens is 378 g/mol. The number of nitrogens with zero attached hydrogens (tertiary/aromatic N) is 2. The number of carbonyl (C=O) groups is 1. The van der Waals surface area contributed by atoms with Gasteiger partial charge in [-0.05, 0) is 29.8 Å². The van der Waals surface area contributed by atoms with Gasteiger partial charge in [-0.2, -0.15) is 0 Å². The molecule has 1 fully saturated rings. The zero-order valence-corrected chi connectivity index (χ0v) is 15.9. The Morgan fingerprint density at radius 1 is 1.29 bits per heavy atom. The van der Waals surface area contributed by atoms with Crippen molar-refractivity contribution in [3.63, 3.8) is 0 Å². The number of halogens is 1. The number of nitrogens with one attached hydrogen (secondary N) is 1. The van der Waals surface area contributed by atoms with Gasteiger partial charge in [-0.25, -0.2) is 9.78 Å². The van der Waals surface area contributed by atoms with Crippen LogP contribution in [0.15, 0.2) is 54.7 Å². The molecule has 6 nitrogen and oxygen atoms in total. The second kappa shape index (κ2) is 8.14. The molecule has 0 bridgehead atoms. The number of H-pyrrole nitrogens is 1. The number of morpholine rings is 1. The molecule has 4 rings (SSSR count). The summed E-state index contributed by atoms with van der Waals surface area (Å²) in [6.07, 6.45) is 1.81. The van der Waals surface area contributed by atoms with Crippen LogP contribution in [0.25, 0.3) is 11.3 Å². The van der Waals surface area contributed by atoms with Crippen molar-refractivity contribution >= 4 is 17.6 Å². The Kier molecular flexibility index (Phi) is 5.43. The predicted octanol–water partition coefficient (Wildman–Crippen LogP) is 4.00. The van der Waals surface area contributed by atoms with Crippen molar-refractivity contribution in [3.05, 3.63) is 76.7 Å². The van der Waals surface area contributed by atoms with Crippen molar-refractivity contribution < 1.29 is 14.6 Å². The first-order chi connectivity index (χ1) is 13.6. The van der Waals surface area contributed by atoms with Crippen LogP contribution in [0.1, 0.15) is 27.8 Å². The average Bonchev–Trinajstić information content (AvgIpc) is 3.19. The monoisotopic (exact) mass is 397 g/mol. The van der Waals surface area contributed by atoms with Gasteiger partial charge in [-0.15, -0.1) is 0 Å². The van der Waals surface area contributed by atoms with E-state index in [4.69, 9.17) is 21.4 Å². The Labute approximate surface area is 167 Å². The summed E-state index contributed by atoms with van der Waals surface area (Å²) in [5.41, 5.74) is 3.24. The molecule has 0 saturated carbocycles. The summed E-state index contributed by atoms with van der Waals surface area (Å²) < 4.78 is 5.69. The first kappa shape index (κ1) is 18.7. The Bertz CT molecular complexity index is 971. The van der Waals surface area contributed by atoms with Crippen molar-refractivity contribution in [1.82, 2.24) is 14.9 Å².